The van der Waals surface area contributed by atoms with Gasteiger partial charge in [-0.25, -0.2) is 0 Å². The van der Waals surface area contributed by atoms with Crippen molar-refractivity contribution in [2.75, 3.05) is 26.8 Å². The van der Waals surface area contributed by atoms with Gasteiger partial charge in [-0.3, -0.25) is 24.3 Å². The Labute approximate surface area is 210 Å². The molecule has 0 radical (unpaired) electrons. The smallest absolute Gasteiger partial charge is 0.256 e. The number of aromatic nitrogens is 1. The minimum Gasteiger partial charge on any atom is -0.497 e. The van der Waals surface area contributed by atoms with Crippen molar-refractivity contribution in [3.05, 3.63) is 59.9 Å². The Bertz CT molecular complexity index is 1090. The molecule has 9 nitrogen and oxygen atoms in total. The number of nitrogens with one attached hydrogen (secondary N) is 1. The summed E-state index contributed by atoms with van der Waals surface area (Å²) in [5, 5.41) is 2.91. The summed E-state index contributed by atoms with van der Waals surface area (Å²) >= 11 is 0. The molecule has 1 aromatic carbocycles. The Balaban J connectivity index is 1.35. The Morgan fingerprint density at radius 2 is 1.86 bits per heavy atom. The second-order valence-corrected chi connectivity index (χ2v) is 9.67. The lowest BCUT2D eigenvalue weighted by atomic mass is 9.83. The molecule has 2 aliphatic heterocycles. The van der Waals surface area contributed by atoms with Crippen molar-refractivity contribution in [3.8, 4) is 5.75 Å². The number of ether oxygens (including phenoxy) is 2. The summed E-state index contributed by atoms with van der Waals surface area (Å²) in [5.74, 6) is 0.420. The van der Waals surface area contributed by atoms with E-state index in [2.05, 4.69) is 10.3 Å². The van der Waals surface area contributed by atoms with E-state index in [-0.39, 0.29) is 36.8 Å². The first-order valence-corrected chi connectivity index (χ1v) is 12.6. The van der Waals surface area contributed by atoms with Gasteiger partial charge >= 0.3 is 0 Å². The predicted octanol–water partition coefficient (Wildman–Crippen LogP) is 2.37. The Hall–Kier alpha value is -3.46. The molecule has 2 aromatic rings. The van der Waals surface area contributed by atoms with E-state index in [1.54, 1.807) is 42.5 Å². The minimum atomic E-state index is -0.930. The number of benzene rings is 1. The third kappa shape index (κ3) is 4.67. The van der Waals surface area contributed by atoms with Crippen molar-refractivity contribution in [2.45, 2.75) is 50.4 Å². The van der Waals surface area contributed by atoms with Gasteiger partial charge in [-0.05, 0) is 49.2 Å². The first kappa shape index (κ1) is 24.2. The lowest BCUT2D eigenvalue weighted by Crippen LogP contribution is -2.60. The largest absolute Gasteiger partial charge is 0.497 e. The van der Waals surface area contributed by atoms with Crippen LogP contribution in [0, 0.1) is 5.92 Å². The highest BCUT2D eigenvalue weighted by Gasteiger charge is 2.54. The van der Waals surface area contributed by atoms with Crippen molar-refractivity contribution >= 4 is 17.7 Å². The fourth-order valence-corrected chi connectivity index (χ4v) is 5.23. The zero-order valence-electron chi connectivity index (χ0n) is 20.5. The number of pyridine rings is 1. The van der Waals surface area contributed by atoms with Crippen LogP contribution >= 0.6 is 0 Å². The van der Waals surface area contributed by atoms with Gasteiger partial charge in [0.05, 0.1) is 26.0 Å². The van der Waals surface area contributed by atoms with Crippen LogP contribution in [0.1, 0.15) is 48.2 Å². The molecule has 2 saturated heterocycles. The predicted molar refractivity (Wildman–Crippen MR) is 131 cm³/mol. The highest BCUT2D eigenvalue weighted by molar-refractivity contribution is 5.98. The minimum absolute atomic E-state index is 0.104. The van der Waals surface area contributed by atoms with Gasteiger partial charge in [-0.15, -0.1) is 0 Å². The molecule has 190 valence electrons. The Morgan fingerprint density at radius 1 is 1.11 bits per heavy atom. The maximum atomic E-state index is 13.8. The molecule has 1 aromatic heterocycles. The van der Waals surface area contributed by atoms with Gasteiger partial charge < -0.3 is 19.7 Å². The number of nitrogens with zero attached hydrogens (tertiary/aromatic N) is 3. The lowest BCUT2D eigenvalue weighted by Gasteiger charge is -2.45. The number of carbonyl (C=O) groups is 3. The molecule has 0 bridgehead atoms. The van der Waals surface area contributed by atoms with Gasteiger partial charge in [0.25, 0.3) is 5.91 Å². The molecule has 36 heavy (non-hydrogen) atoms. The average Bonchev–Trinajstić information content (AvgIpc) is 3.25. The molecule has 0 unspecified atom stereocenters. The van der Waals surface area contributed by atoms with Crippen LogP contribution in [-0.2, 0) is 20.9 Å². The topological polar surface area (TPSA) is 101 Å². The zero-order chi connectivity index (χ0) is 25.1. The van der Waals surface area contributed by atoms with Crippen LogP contribution in [0.4, 0.5) is 0 Å². The van der Waals surface area contributed by atoms with Crippen LogP contribution in [-0.4, -0.2) is 71.1 Å². The summed E-state index contributed by atoms with van der Waals surface area (Å²) in [7, 11) is 1.57. The molecule has 1 saturated carbocycles. The second kappa shape index (κ2) is 10.3. The van der Waals surface area contributed by atoms with Crippen molar-refractivity contribution in [3.63, 3.8) is 0 Å². The molecule has 1 aliphatic carbocycles. The molecule has 3 heterocycles. The van der Waals surface area contributed by atoms with Crippen LogP contribution in [0.3, 0.4) is 0 Å². The first-order valence-electron chi connectivity index (χ1n) is 12.6. The molecule has 9 heteroatoms. The van der Waals surface area contributed by atoms with E-state index in [1.165, 1.54) is 0 Å². The van der Waals surface area contributed by atoms with E-state index in [9.17, 15) is 14.4 Å². The van der Waals surface area contributed by atoms with E-state index < -0.39 is 11.8 Å². The number of hydrogen-bond acceptors (Lipinski definition) is 6. The van der Waals surface area contributed by atoms with E-state index in [4.69, 9.17) is 9.47 Å². The number of methoxy groups -OCH3 is 1. The van der Waals surface area contributed by atoms with E-state index in [1.807, 2.05) is 23.1 Å². The number of piperidine rings is 1. The normalized spacial score (nSPS) is 21.2. The van der Waals surface area contributed by atoms with Gasteiger partial charge in [0.2, 0.25) is 11.8 Å². The lowest BCUT2D eigenvalue weighted by molar-refractivity contribution is -0.149. The molecule has 1 N–H and O–H groups in total. The highest BCUT2D eigenvalue weighted by atomic mass is 16.5. The van der Waals surface area contributed by atoms with Gasteiger partial charge in [-0.2, -0.15) is 0 Å². The van der Waals surface area contributed by atoms with E-state index in [0.29, 0.717) is 37.2 Å². The quantitative estimate of drug-likeness (QED) is 0.665. The summed E-state index contributed by atoms with van der Waals surface area (Å²) in [5.41, 5.74) is 0.256. The Morgan fingerprint density at radius 3 is 2.47 bits per heavy atom. The van der Waals surface area contributed by atoms with Crippen LogP contribution in [0.5, 0.6) is 5.75 Å². The third-order valence-electron chi connectivity index (χ3n) is 7.60. The average molecular weight is 493 g/mol. The molecule has 1 atom stereocenters. The van der Waals surface area contributed by atoms with Crippen molar-refractivity contribution in [1.29, 1.82) is 0 Å². The molecule has 3 aliphatic rings. The molecular formula is C27H32N4O5. The number of hydrogen-bond donors (Lipinski definition) is 1. The standard InChI is InChI=1S/C27H32N4O5/c1-35-22-10-8-20(9-11-22)26(34)31-23(24(32)29-17-21-7-2-3-14-28-21)18-36-27(31)12-15-30(16-13-27)25(33)19-5-4-6-19/h2-3,7-11,14,19,23H,4-6,12-13,15-18H2,1H3,(H,29,32)/t23-/m0/s1. The monoisotopic (exact) mass is 492 g/mol. The van der Waals surface area contributed by atoms with Gasteiger partial charge in [0.15, 0.2) is 0 Å². The second-order valence-electron chi connectivity index (χ2n) is 9.67. The van der Waals surface area contributed by atoms with Gasteiger partial charge in [0.1, 0.15) is 17.5 Å². The number of amides is 3. The fourth-order valence-electron chi connectivity index (χ4n) is 5.23. The van der Waals surface area contributed by atoms with Crippen molar-refractivity contribution in [1.82, 2.24) is 20.1 Å². The third-order valence-corrected chi connectivity index (χ3v) is 7.60. The number of likely N-dealkylation sites (tertiary alicyclic amines) is 1. The SMILES string of the molecule is COc1ccc(C(=O)N2[C@H](C(=O)NCc3ccccn3)COC23CCN(C(=O)C2CCC2)CC3)cc1. The molecule has 3 amide bonds. The van der Waals surface area contributed by atoms with Crippen LogP contribution in [0.15, 0.2) is 48.7 Å². The molecule has 5 rings (SSSR count). The summed E-state index contributed by atoms with van der Waals surface area (Å²) < 4.78 is 11.5. The number of rotatable bonds is 6. The summed E-state index contributed by atoms with van der Waals surface area (Å²) in [6.07, 6.45) is 5.63. The van der Waals surface area contributed by atoms with Crippen molar-refractivity contribution in [2.24, 2.45) is 5.92 Å². The maximum absolute atomic E-state index is 13.8. The molecular weight excluding hydrogens is 460 g/mol. The zero-order valence-corrected chi connectivity index (χ0v) is 20.5. The summed E-state index contributed by atoms with van der Waals surface area (Å²) in [6, 6.07) is 11.6. The van der Waals surface area contributed by atoms with E-state index >= 15 is 0 Å². The highest BCUT2D eigenvalue weighted by Crippen LogP contribution is 2.40. The first-order chi connectivity index (χ1) is 17.5. The molecule has 1 spiro atoms. The van der Waals surface area contributed by atoms with E-state index in [0.717, 1.165) is 25.0 Å². The summed E-state index contributed by atoms with van der Waals surface area (Å²) in [6.45, 7) is 1.37. The van der Waals surface area contributed by atoms with Crippen molar-refractivity contribution < 1.29 is 23.9 Å². The number of carbonyl (C=O) groups excluding carboxylic acids is 3. The van der Waals surface area contributed by atoms with Crippen LogP contribution in [0.25, 0.3) is 0 Å². The van der Waals surface area contributed by atoms with Crippen LogP contribution in [0.2, 0.25) is 0 Å². The molecule has 3 fully saturated rings. The summed E-state index contributed by atoms with van der Waals surface area (Å²) in [4.78, 5) is 47.7. The Kier molecular flexibility index (Phi) is 6.91. The fraction of sp³-hybridized carbons (Fsp3) is 0.481. The van der Waals surface area contributed by atoms with Gasteiger partial charge in [-0.1, -0.05) is 12.5 Å². The maximum Gasteiger partial charge on any atom is 0.256 e. The van der Waals surface area contributed by atoms with Crippen LogP contribution < -0.4 is 10.1 Å². The van der Waals surface area contributed by atoms with Gasteiger partial charge in [0, 0.05) is 43.6 Å².